The molecule has 3 rings (SSSR count). The van der Waals surface area contributed by atoms with Crippen LogP contribution in [0.25, 0.3) is 22.6 Å². The zero-order valence-electron chi connectivity index (χ0n) is 21.2. The molecule has 0 spiro atoms. The van der Waals surface area contributed by atoms with Crippen LogP contribution < -0.4 is 9.64 Å². The van der Waals surface area contributed by atoms with Gasteiger partial charge in [0.15, 0.2) is 24.9 Å². The van der Waals surface area contributed by atoms with Crippen molar-refractivity contribution in [3.05, 3.63) is 30.2 Å². The van der Waals surface area contributed by atoms with E-state index in [1.807, 2.05) is 0 Å². The summed E-state index contributed by atoms with van der Waals surface area (Å²) in [7, 11) is 0. The summed E-state index contributed by atoms with van der Waals surface area (Å²) in [6.07, 6.45) is 1.37. The third-order valence-corrected chi connectivity index (χ3v) is 4.77. The van der Waals surface area contributed by atoms with Crippen molar-refractivity contribution in [2.45, 2.75) is 20.5 Å². The van der Waals surface area contributed by atoms with Crippen molar-refractivity contribution in [1.82, 2.24) is 4.98 Å². The molecule has 0 aliphatic heterocycles. The number of ether oxygens (including phenoxy) is 5. The second-order valence-electron chi connectivity index (χ2n) is 7.90. The van der Waals surface area contributed by atoms with Crippen LogP contribution in [0.1, 0.15) is 19.6 Å². The van der Waals surface area contributed by atoms with Gasteiger partial charge in [0.1, 0.15) is 31.0 Å². The first kappa shape index (κ1) is 29.4. The van der Waals surface area contributed by atoms with E-state index in [1.165, 1.54) is 31.3 Å². The van der Waals surface area contributed by atoms with Gasteiger partial charge in [-0.15, -0.1) is 0 Å². The van der Waals surface area contributed by atoms with Crippen LogP contribution in [0.15, 0.2) is 33.2 Å². The number of oxazole rings is 1. The lowest BCUT2D eigenvalue weighted by molar-refractivity contribution is -0.167. The molecule has 0 aliphatic rings. The lowest BCUT2D eigenvalue weighted by Gasteiger charge is -2.23. The minimum atomic E-state index is -1.32. The van der Waals surface area contributed by atoms with Gasteiger partial charge in [0.05, 0.1) is 11.9 Å². The average Bonchev–Trinajstić information content (AvgIpc) is 3.50. The van der Waals surface area contributed by atoms with E-state index in [0.717, 1.165) is 11.8 Å². The number of carbonyl (C=O) groups is 5. The van der Waals surface area contributed by atoms with Gasteiger partial charge < -0.3 is 47.6 Å². The number of furan rings is 1. The second kappa shape index (κ2) is 13.6. The summed E-state index contributed by atoms with van der Waals surface area (Å²) in [6, 6.07) is 4.27. The Morgan fingerprint density at radius 1 is 0.900 bits per heavy atom. The maximum absolute atomic E-state index is 12.0. The Morgan fingerprint density at radius 2 is 1.57 bits per heavy atom. The van der Waals surface area contributed by atoms with Crippen LogP contribution in [-0.2, 0) is 49.5 Å². The maximum atomic E-state index is 12.0. The molecule has 0 amide bonds. The molecule has 0 bridgehead atoms. The summed E-state index contributed by atoms with van der Waals surface area (Å²) in [5.41, 5.74) is 0.194. The quantitative estimate of drug-likeness (QED) is 0.152. The number of hydrogen-bond donors (Lipinski definition) is 2. The monoisotopic (exact) mass is 564 g/mol. The molecule has 0 saturated heterocycles. The maximum Gasteiger partial charge on any atom is 0.347 e. The predicted octanol–water partition coefficient (Wildman–Crippen LogP) is 1.54. The fourth-order valence-electron chi connectivity index (χ4n) is 3.19. The molecular weight excluding hydrogens is 540 g/mol. The number of rotatable bonds is 15. The Morgan fingerprint density at radius 3 is 2.23 bits per heavy atom. The van der Waals surface area contributed by atoms with Gasteiger partial charge in [-0.1, -0.05) is 0 Å². The molecule has 2 N–H and O–H groups in total. The Bertz CT molecular complexity index is 1380. The third kappa shape index (κ3) is 8.73. The number of esters is 3. The second-order valence-corrected chi connectivity index (χ2v) is 7.90. The van der Waals surface area contributed by atoms with Crippen molar-refractivity contribution in [2.24, 2.45) is 0 Å². The number of carboxylic acids is 2. The first-order chi connectivity index (χ1) is 19.0. The van der Waals surface area contributed by atoms with E-state index in [4.69, 9.17) is 23.0 Å². The van der Waals surface area contributed by atoms with E-state index in [1.54, 1.807) is 0 Å². The van der Waals surface area contributed by atoms with E-state index in [-0.39, 0.29) is 42.1 Å². The molecule has 2 aromatic heterocycles. The van der Waals surface area contributed by atoms with Crippen LogP contribution in [0.5, 0.6) is 5.75 Å². The minimum absolute atomic E-state index is 0.00190. The molecule has 0 radical (unpaired) electrons. The molecule has 0 aliphatic carbocycles. The van der Waals surface area contributed by atoms with Crippen LogP contribution >= 0.6 is 0 Å². The number of aliphatic carboxylic acids is 2. The Hall–Kier alpha value is -5.12. The van der Waals surface area contributed by atoms with Crippen molar-refractivity contribution in [1.29, 1.82) is 0 Å². The number of anilines is 1. The fraction of sp³-hybridized carbons (Fsp3) is 0.333. The zero-order valence-corrected chi connectivity index (χ0v) is 21.2. The average molecular weight is 564 g/mol. The van der Waals surface area contributed by atoms with Crippen LogP contribution in [-0.4, -0.2) is 78.3 Å². The van der Waals surface area contributed by atoms with E-state index in [0.29, 0.717) is 11.1 Å². The number of carbonyl (C=O) groups excluding carboxylic acids is 3. The minimum Gasteiger partial charge on any atom is -0.480 e. The first-order valence-corrected chi connectivity index (χ1v) is 11.4. The largest absolute Gasteiger partial charge is 0.480 e. The van der Waals surface area contributed by atoms with Crippen molar-refractivity contribution in [3.8, 4) is 17.4 Å². The Kier molecular flexibility index (Phi) is 10.0. The summed E-state index contributed by atoms with van der Waals surface area (Å²) in [5, 5.41) is 19.0. The van der Waals surface area contributed by atoms with Crippen molar-refractivity contribution in [3.63, 3.8) is 0 Å². The van der Waals surface area contributed by atoms with E-state index in [2.05, 4.69) is 14.5 Å². The zero-order chi connectivity index (χ0) is 29.2. The number of nitrogens with zero attached hydrogens (tertiary/aromatic N) is 2. The highest BCUT2D eigenvalue weighted by molar-refractivity contribution is 5.90. The van der Waals surface area contributed by atoms with E-state index in [9.17, 15) is 34.2 Å². The molecule has 0 saturated carbocycles. The SMILES string of the molecule is CC(=O)OCOCc1cnc(-c2cc3cc(OCC(=O)OCOC(C)=O)c(N(CC(=O)O)CC(=O)O)cc3o2)o1. The summed E-state index contributed by atoms with van der Waals surface area (Å²) in [6.45, 7) is -0.690. The molecule has 16 heteroatoms. The third-order valence-electron chi connectivity index (χ3n) is 4.77. The topological polar surface area (TPSA) is 214 Å². The molecule has 2 heterocycles. The number of carboxylic acid groups (broad SMARTS) is 2. The van der Waals surface area contributed by atoms with Crippen molar-refractivity contribution < 1.29 is 66.7 Å². The summed E-state index contributed by atoms with van der Waals surface area (Å²) in [5.74, 6) is -4.26. The van der Waals surface area contributed by atoms with Crippen molar-refractivity contribution in [2.75, 3.05) is 38.2 Å². The molecule has 0 fully saturated rings. The standard InChI is InChI=1S/C24H24N2O14/c1-13(27)36-11-34-9-16-6-25-24(39-16)20-4-15-3-19(35-10-23(33)38-12-37-14(2)28)17(5-18(15)40-20)26(7-21(29)30)8-22(31)32/h3-6H,7-12H2,1-2H3,(H,29,30)(H,31,32). The van der Waals surface area contributed by atoms with Crippen LogP contribution in [0.3, 0.4) is 0 Å². The van der Waals surface area contributed by atoms with Gasteiger partial charge in [-0.3, -0.25) is 19.2 Å². The summed E-state index contributed by atoms with van der Waals surface area (Å²) < 4.78 is 36.0. The number of hydrogen-bond acceptors (Lipinski definition) is 14. The summed E-state index contributed by atoms with van der Waals surface area (Å²) >= 11 is 0. The number of benzene rings is 1. The molecule has 3 aromatic rings. The molecule has 0 unspecified atom stereocenters. The highest BCUT2D eigenvalue weighted by Crippen LogP contribution is 2.37. The van der Waals surface area contributed by atoms with E-state index < -0.39 is 56.3 Å². The van der Waals surface area contributed by atoms with E-state index >= 15 is 0 Å². The summed E-state index contributed by atoms with van der Waals surface area (Å²) in [4.78, 5) is 61.6. The Labute approximate surface area is 224 Å². The van der Waals surface area contributed by atoms with Gasteiger partial charge in [0.2, 0.25) is 6.79 Å². The van der Waals surface area contributed by atoms with Gasteiger partial charge in [0, 0.05) is 25.3 Å². The highest BCUT2D eigenvalue weighted by Gasteiger charge is 2.22. The van der Waals surface area contributed by atoms with Gasteiger partial charge in [-0.2, -0.15) is 0 Å². The molecular formula is C24H24N2O14. The molecule has 0 atom stereocenters. The van der Waals surface area contributed by atoms with Gasteiger partial charge in [-0.05, 0) is 12.1 Å². The van der Waals surface area contributed by atoms with Crippen LogP contribution in [0.4, 0.5) is 5.69 Å². The molecule has 40 heavy (non-hydrogen) atoms. The van der Waals surface area contributed by atoms with Crippen LogP contribution in [0.2, 0.25) is 0 Å². The van der Waals surface area contributed by atoms with Crippen molar-refractivity contribution >= 4 is 46.5 Å². The van der Waals surface area contributed by atoms with Crippen LogP contribution in [0, 0.1) is 0 Å². The smallest absolute Gasteiger partial charge is 0.347 e. The predicted molar refractivity (Wildman–Crippen MR) is 129 cm³/mol. The first-order valence-electron chi connectivity index (χ1n) is 11.4. The highest BCUT2D eigenvalue weighted by atomic mass is 16.7. The molecule has 214 valence electrons. The lowest BCUT2D eigenvalue weighted by atomic mass is 10.2. The molecule has 16 nitrogen and oxygen atoms in total. The van der Waals surface area contributed by atoms with Gasteiger partial charge >= 0.3 is 29.8 Å². The normalized spacial score (nSPS) is 10.7. The number of aromatic nitrogens is 1. The van der Waals surface area contributed by atoms with Gasteiger partial charge in [-0.25, -0.2) is 9.78 Å². The number of fused-ring (bicyclic) bond motifs is 1. The molecule has 1 aromatic carbocycles. The lowest BCUT2D eigenvalue weighted by Crippen LogP contribution is -2.34. The Balaban J connectivity index is 1.88. The van der Waals surface area contributed by atoms with Gasteiger partial charge in [0.25, 0.3) is 5.89 Å². The fourth-order valence-corrected chi connectivity index (χ4v) is 3.19.